The molecule has 3 aromatic carbocycles. The maximum atomic E-state index is 5.80. The van der Waals surface area contributed by atoms with Crippen LogP contribution in [-0.4, -0.2) is 21.0 Å². The van der Waals surface area contributed by atoms with E-state index < -0.39 is 0 Å². The predicted octanol–water partition coefficient (Wildman–Crippen LogP) is 1.69. The fourth-order valence-corrected chi connectivity index (χ4v) is 4.99. The molecular weight excluding hydrogens is 482 g/mol. The summed E-state index contributed by atoms with van der Waals surface area (Å²) < 4.78 is 25.1. The summed E-state index contributed by atoms with van der Waals surface area (Å²) in [6.07, 6.45) is 3.96. The summed E-state index contributed by atoms with van der Waals surface area (Å²) in [5, 5.41) is 2.23. The number of methoxy groups -OCH3 is 2. The van der Waals surface area contributed by atoms with Crippen LogP contribution >= 0.6 is 0 Å². The van der Waals surface area contributed by atoms with Crippen LogP contribution in [0.1, 0.15) is 16.7 Å². The van der Waals surface area contributed by atoms with Crippen LogP contribution < -0.4 is 40.5 Å². The average Bonchev–Trinajstić information content (AvgIpc) is 3.29. The molecule has 2 aliphatic heterocycles. The molecule has 1 aromatic heterocycles. The van der Waals surface area contributed by atoms with Crippen LogP contribution in [0.3, 0.4) is 0 Å². The highest BCUT2D eigenvalue weighted by Gasteiger charge is 2.32. The lowest BCUT2D eigenvalue weighted by Gasteiger charge is -2.21. The van der Waals surface area contributed by atoms with Gasteiger partial charge in [0.1, 0.15) is 0 Å². The molecule has 0 fully saturated rings. The Bertz CT molecular complexity index is 1350. The topological polar surface area (TPSA) is 40.8 Å². The number of rotatable bonds is 4. The standard InChI is InChI=1S/C27H24NO4.BrH/c1-29-23-9-8-19-21(12-17-6-4-3-5-7-17)26-20-14-25-24(31-16-32-25)13-18(20)10-11-28(26)15-22(19)27(23)30-2;/h3-9,13-15H,10-12,16H2,1-2H3;1H/q+1;/p-1. The van der Waals surface area contributed by atoms with Gasteiger partial charge < -0.3 is 35.9 Å². The predicted molar refractivity (Wildman–Crippen MR) is 122 cm³/mol. The van der Waals surface area contributed by atoms with Gasteiger partial charge in [0.05, 0.1) is 25.2 Å². The van der Waals surface area contributed by atoms with E-state index in [0.29, 0.717) is 0 Å². The Hall–Kier alpha value is -3.25. The van der Waals surface area contributed by atoms with E-state index >= 15 is 0 Å². The van der Waals surface area contributed by atoms with Gasteiger partial charge in [-0.15, -0.1) is 0 Å². The molecule has 5 nitrogen and oxygen atoms in total. The van der Waals surface area contributed by atoms with Crippen molar-refractivity contribution in [2.45, 2.75) is 19.4 Å². The molecule has 3 heterocycles. The number of ether oxygens (including phenoxy) is 4. The smallest absolute Gasteiger partial charge is 0.231 e. The maximum Gasteiger partial charge on any atom is 0.231 e. The zero-order valence-corrected chi connectivity index (χ0v) is 20.1. The normalized spacial score (nSPS) is 13.2. The van der Waals surface area contributed by atoms with Crippen molar-refractivity contribution in [1.82, 2.24) is 0 Å². The molecule has 33 heavy (non-hydrogen) atoms. The van der Waals surface area contributed by atoms with Crippen molar-refractivity contribution in [2.75, 3.05) is 21.0 Å². The maximum absolute atomic E-state index is 5.80. The fraction of sp³-hybridized carbons (Fsp3) is 0.222. The van der Waals surface area contributed by atoms with Gasteiger partial charge in [-0.25, -0.2) is 0 Å². The largest absolute Gasteiger partial charge is 1.00 e. The van der Waals surface area contributed by atoms with Crippen molar-refractivity contribution >= 4 is 10.8 Å². The second-order valence-electron chi connectivity index (χ2n) is 8.19. The molecule has 168 valence electrons. The Balaban J connectivity index is 0.00000228. The van der Waals surface area contributed by atoms with Crippen molar-refractivity contribution in [3.63, 3.8) is 0 Å². The van der Waals surface area contributed by atoms with Crippen LogP contribution in [0.2, 0.25) is 0 Å². The molecule has 0 N–H and O–H groups in total. The van der Waals surface area contributed by atoms with Crippen molar-refractivity contribution in [3.8, 4) is 34.3 Å². The van der Waals surface area contributed by atoms with E-state index in [0.717, 1.165) is 47.8 Å². The van der Waals surface area contributed by atoms with Gasteiger partial charge in [0.15, 0.2) is 35.7 Å². The number of benzene rings is 3. The van der Waals surface area contributed by atoms with Crippen molar-refractivity contribution in [1.29, 1.82) is 0 Å². The Morgan fingerprint density at radius 2 is 1.70 bits per heavy atom. The molecule has 0 saturated carbocycles. The summed E-state index contributed by atoms with van der Waals surface area (Å²) in [6.45, 7) is 1.17. The number of aromatic nitrogens is 1. The summed E-state index contributed by atoms with van der Waals surface area (Å²) in [6, 6.07) is 19.0. The number of nitrogens with zero attached hydrogens (tertiary/aromatic N) is 1. The molecule has 6 heteroatoms. The van der Waals surface area contributed by atoms with Gasteiger partial charge in [-0.05, 0) is 35.4 Å². The third-order valence-electron chi connectivity index (χ3n) is 6.47. The van der Waals surface area contributed by atoms with E-state index in [9.17, 15) is 0 Å². The van der Waals surface area contributed by atoms with Crippen molar-refractivity contribution in [3.05, 3.63) is 77.5 Å². The number of hydrogen-bond donors (Lipinski definition) is 0. The summed E-state index contributed by atoms with van der Waals surface area (Å²) in [7, 11) is 3.38. The van der Waals surface area contributed by atoms with Gasteiger partial charge in [0.2, 0.25) is 12.5 Å². The van der Waals surface area contributed by atoms with E-state index in [-0.39, 0.29) is 23.8 Å². The molecule has 6 rings (SSSR count). The van der Waals surface area contributed by atoms with E-state index in [2.05, 4.69) is 59.3 Å². The Kier molecular flexibility index (Phi) is 5.62. The lowest BCUT2D eigenvalue weighted by Crippen LogP contribution is -3.00. The molecule has 0 amide bonds. The molecule has 0 radical (unpaired) electrons. The zero-order chi connectivity index (χ0) is 21.7. The van der Waals surface area contributed by atoms with Crippen LogP contribution in [0.15, 0.2) is 60.8 Å². The zero-order valence-electron chi connectivity index (χ0n) is 18.6. The fourth-order valence-electron chi connectivity index (χ4n) is 4.99. The number of fused-ring (bicyclic) bond motifs is 5. The van der Waals surface area contributed by atoms with E-state index in [1.807, 2.05) is 6.07 Å². The first-order valence-electron chi connectivity index (χ1n) is 10.8. The van der Waals surface area contributed by atoms with Gasteiger partial charge in [-0.2, -0.15) is 4.57 Å². The SMILES string of the molecule is COc1ccc2c(Cc3ccccc3)c3[n+](cc2c1OC)CCc1cc2c(cc1-3)OCO2.[Br-]. The van der Waals surface area contributed by atoms with Gasteiger partial charge in [-0.3, -0.25) is 0 Å². The Morgan fingerprint density at radius 3 is 2.45 bits per heavy atom. The summed E-state index contributed by atoms with van der Waals surface area (Å²) in [5.41, 5.74) is 6.28. The molecule has 2 aliphatic rings. The minimum atomic E-state index is 0. The summed E-state index contributed by atoms with van der Waals surface area (Å²) in [4.78, 5) is 0. The van der Waals surface area contributed by atoms with Crippen molar-refractivity contribution in [2.24, 2.45) is 0 Å². The Labute approximate surface area is 203 Å². The first-order valence-corrected chi connectivity index (χ1v) is 10.8. The third-order valence-corrected chi connectivity index (χ3v) is 6.47. The molecule has 0 spiro atoms. The quantitative estimate of drug-likeness (QED) is 0.396. The number of hydrogen-bond acceptors (Lipinski definition) is 4. The lowest BCUT2D eigenvalue weighted by atomic mass is 9.88. The van der Waals surface area contributed by atoms with Gasteiger partial charge in [0.25, 0.3) is 0 Å². The molecular formula is C27H24BrNO4. The molecule has 0 aliphatic carbocycles. The highest BCUT2D eigenvalue weighted by molar-refractivity contribution is 5.95. The van der Waals surface area contributed by atoms with Crippen LogP contribution in [0, 0.1) is 0 Å². The lowest BCUT2D eigenvalue weighted by molar-refractivity contribution is -0.686. The van der Waals surface area contributed by atoms with Crippen LogP contribution in [0.5, 0.6) is 23.0 Å². The first kappa shape index (κ1) is 21.6. The second-order valence-corrected chi connectivity index (χ2v) is 8.19. The Morgan fingerprint density at radius 1 is 0.909 bits per heavy atom. The molecule has 0 unspecified atom stereocenters. The third kappa shape index (κ3) is 3.49. The minimum Gasteiger partial charge on any atom is -1.00 e. The van der Waals surface area contributed by atoms with E-state index in [1.54, 1.807) is 14.2 Å². The molecule has 0 atom stereocenters. The number of aryl methyl sites for hydroxylation is 2. The molecule has 0 saturated heterocycles. The second kappa shape index (κ2) is 8.60. The van der Waals surface area contributed by atoms with E-state index in [4.69, 9.17) is 18.9 Å². The van der Waals surface area contributed by atoms with E-state index in [1.165, 1.54) is 33.3 Å². The summed E-state index contributed by atoms with van der Waals surface area (Å²) in [5.74, 6) is 3.17. The number of halogens is 1. The first-order chi connectivity index (χ1) is 15.8. The van der Waals surface area contributed by atoms with Crippen LogP contribution in [0.4, 0.5) is 0 Å². The van der Waals surface area contributed by atoms with Gasteiger partial charge in [0, 0.05) is 23.8 Å². The van der Waals surface area contributed by atoms with Gasteiger partial charge in [-0.1, -0.05) is 30.3 Å². The monoisotopic (exact) mass is 505 g/mol. The van der Waals surface area contributed by atoms with Crippen LogP contribution in [-0.2, 0) is 19.4 Å². The van der Waals surface area contributed by atoms with Crippen molar-refractivity contribution < 1.29 is 40.5 Å². The van der Waals surface area contributed by atoms with Crippen LogP contribution in [0.25, 0.3) is 22.0 Å². The van der Waals surface area contributed by atoms with Gasteiger partial charge >= 0.3 is 0 Å². The highest BCUT2D eigenvalue weighted by Crippen LogP contribution is 2.44. The summed E-state index contributed by atoms with van der Waals surface area (Å²) >= 11 is 0. The highest BCUT2D eigenvalue weighted by atomic mass is 79.9. The molecule has 0 bridgehead atoms. The average molecular weight is 506 g/mol. The minimum absolute atomic E-state index is 0. The molecule has 4 aromatic rings. The number of pyridine rings is 1.